The normalized spacial score (nSPS) is 13.2. The highest BCUT2D eigenvalue weighted by atomic mass is 15.3. The standard InChI is InChI=1S/C9H18N4/c1-4-8(2)10-6-5-9-11-7-13(3)12-9/h7-8,10H,4-6H2,1-3H3. The molecule has 1 heterocycles. The predicted molar refractivity (Wildman–Crippen MR) is 52.5 cm³/mol. The van der Waals surface area contributed by atoms with Crippen LogP contribution in [0.25, 0.3) is 0 Å². The second kappa shape index (κ2) is 4.97. The van der Waals surface area contributed by atoms with Gasteiger partial charge in [-0.1, -0.05) is 6.92 Å². The Hall–Kier alpha value is -0.900. The first kappa shape index (κ1) is 10.2. The van der Waals surface area contributed by atoms with Crippen molar-refractivity contribution in [3.05, 3.63) is 12.2 Å². The zero-order valence-corrected chi connectivity index (χ0v) is 8.62. The lowest BCUT2D eigenvalue weighted by Crippen LogP contribution is -2.27. The van der Waals surface area contributed by atoms with Gasteiger partial charge >= 0.3 is 0 Å². The molecule has 13 heavy (non-hydrogen) atoms. The summed E-state index contributed by atoms with van der Waals surface area (Å²) in [4.78, 5) is 4.15. The molecule has 4 nitrogen and oxygen atoms in total. The van der Waals surface area contributed by atoms with Gasteiger partial charge in [-0.25, -0.2) is 4.98 Å². The maximum Gasteiger partial charge on any atom is 0.151 e. The zero-order valence-electron chi connectivity index (χ0n) is 8.62. The van der Waals surface area contributed by atoms with Gasteiger partial charge in [0.1, 0.15) is 6.33 Å². The van der Waals surface area contributed by atoms with Crippen LogP contribution in [0.3, 0.4) is 0 Å². The Labute approximate surface area is 79.4 Å². The molecular formula is C9H18N4. The van der Waals surface area contributed by atoms with Crippen molar-refractivity contribution in [1.29, 1.82) is 0 Å². The van der Waals surface area contributed by atoms with E-state index in [1.54, 1.807) is 11.0 Å². The van der Waals surface area contributed by atoms with E-state index >= 15 is 0 Å². The van der Waals surface area contributed by atoms with Gasteiger partial charge in [-0.2, -0.15) is 5.10 Å². The minimum absolute atomic E-state index is 0.587. The molecule has 1 aromatic heterocycles. The maximum atomic E-state index is 4.20. The van der Waals surface area contributed by atoms with E-state index in [2.05, 4.69) is 29.2 Å². The van der Waals surface area contributed by atoms with Crippen LogP contribution in [0.1, 0.15) is 26.1 Å². The summed E-state index contributed by atoms with van der Waals surface area (Å²) in [5.41, 5.74) is 0. The van der Waals surface area contributed by atoms with Gasteiger partial charge in [0.15, 0.2) is 5.82 Å². The molecule has 1 N–H and O–H groups in total. The van der Waals surface area contributed by atoms with Crippen molar-refractivity contribution in [2.24, 2.45) is 7.05 Å². The van der Waals surface area contributed by atoms with Crippen molar-refractivity contribution in [2.75, 3.05) is 6.54 Å². The number of aromatic nitrogens is 3. The first-order valence-electron chi connectivity index (χ1n) is 4.80. The van der Waals surface area contributed by atoms with Crippen molar-refractivity contribution in [3.63, 3.8) is 0 Å². The second-order valence-corrected chi connectivity index (χ2v) is 3.35. The Morgan fingerprint density at radius 2 is 2.38 bits per heavy atom. The van der Waals surface area contributed by atoms with E-state index in [4.69, 9.17) is 0 Å². The molecule has 1 unspecified atom stereocenters. The van der Waals surface area contributed by atoms with Gasteiger partial charge in [-0.15, -0.1) is 0 Å². The van der Waals surface area contributed by atoms with Crippen molar-refractivity contribution in [2.45, 2.75) is 32.7 Å². The summed E-state index contributed by atoms with van der Waals surface area (Å²) in [6.45, 7) is 5.32. The molecule has 0 aliphatic heterocycles. The fourth-order valence-electron chi connectivity index (χ4n) is 1.07. The number of nitrogens with one attached hydrogen (secondary N) is 1. The third-order valence-electron chi connectivity index (χ3n) is 2.10. The molecule has 0 amide bonds. The van der Waals surface area contributed by atoms with Crippen molar-refractivity contribution >= 4 is 0 Å². The van der Waals surface area contributed by atoms with Gasteiger partial charge in [0.05, 0.1) is 0 Å². The van der Waals surface area contributed by atoms with E-state index in [1.807, 2.05) is 7.05 Å². The fourth-order valence-corrected chi connectivity index (χ4v) is 1.07. The number of rotatable bonds is 5. The molecule has 0 saturated heterocycles. The van der Waals surface area contributed by atoms with Gasteiger partial charge in [0, 0.05) is 26.1 Å². The number of hydrogen-bond acceptors (Lipinski definition) is 3. The third-order valence-corrected chi connectivity index (χ3v) is 2.10. The van der Waals surface area contributed by atoms with Crippen molar-refractivity contribution in [3.8, 4) is 0 Å². The van der Waals surface area contributed by atoms with Crippen LogP contribution in [0.15, 0.2) is 6.33 Å². The molecule has 0 fully saturated rings. The van der Waals surface area contributed by atoms with E-state index < -0.39 is 0 Å². The van der Waals surface area contributed by atoms with Crippen molar-refractivity contribution < 1.29 is 0 Å². The molecule has 1 atom stereocenters. The molecular weight excluding hydrogens is 164 g/mol. The predicted octanol–water partition coefficient (Wildman–Crippen LogP) is 0.746. The number of aryl methyl sites for hydroxylation is 1. The van der Waals surface area contributed by atoms with Crippen LogP contribution in [0.2, 0.25) is 0 Å². The molecule has 0 aromatic carbocycles. The molecule has 0 radical (unpaired) electrons. The summed E-state index contributed by atoms with van der Waals surface area (Å²) in [6, 6.07) is 0.587. The van der Waals surface area contributed by atoms with E-state index in [9.17, 15) is 0 Å². The van der Waals surface area contributed by atoms with E-state index in [0.29, 0.717) is 6.04 Å². The second-order valence-electron chi connectivity index (χ2n) is 3.35. The molecule has 0 bridgehead atoms. The van der Waals surface area contributed by atoms with Crippen LogP contribution >= 0.6 is 0 Å². The molecule has 74 valence electrons. The lowest BCUT2D eigenvalue weighted by molar-refractivity contribution is 0.532. The van der Waals surface area contributed by atoms with Crippen LogP contribution < -0.4 is 5.32 Å². The van der Waals surface area contributed by atoms with Crippen LogP contribution in [-0.4, -0.2) is 27.4 Å². The smallest absolute Gasteiger partial charge is 0.151 e. The first-order valence-corrected chi connectivity index (χ1v) is 4.80. The van der Waals surface area contributed by atoms with Crippen LogP contribution in [0, 0.1) is 0 Å². The minimum atomic E-state index is 0.587. The maximum absolute atomic E-state index is 4.20. The summed E-state index contributed by atoms with van der Waals surface area (Å²) < 4.78 is 1.73. The highest BCUT2D eigenvalue weighted by Crippen LogP contribution is 1.91. The Morgan fingerprint density at radius 1 is 1.62 bits per heavy atom. The summed E-state index contributed by atoms with van der Waals surface area (Å²) >= 11 is 0. The Balaban J connectivity index is 2.20. The summed E-state index contributed by atoms with van der Waals surface area (Å²) in [6.07, 6.45) is 3.80. The SMILES string of the molecule is CCC(C)NCCc1ncn(C)n1. The van der Waals surface area contributed by atoms with E-state index in [0.717, 1.165) is 25.2 Å². The molecule has 0 saturated carbocycles. The fraction of sp³-hybridized carbons (Fsp3) is 0.778. The summed E-state index contributed by atoms with van der Waals surface area (Å²) in [5.74, 6) is 0.915. The average molecular weight is 182 g/mol. The monoisotopic (exact) mass is 182 g/mol. The molecule has 0 aliphatic carbocycles. The lowest BCUT2D eigenvalue weighted by Gasteiger charge is -2.09. The average Bonchev–Trinajstić information content (AvgIpc) is 2.51. The Kier molecular flexibility index (Phi) is 3.89. The van der Waals surface area contributed by atoms with Crippen LogP contribution in [0.4, 0.5) is 0 Å². The van der Waals surface area contributed by atoms with Gasteiger partial charge in [0.25, 0.3) is 0 Å². The van der Waals surface area contributed by atoms with Crippen molar-refractivity contribution in [1.82, 2.24) is 20.1 Å². The Bertz CT molecular complexity index is 244. The summed E-state index contributed by atoms with van der Waals surface area (Å²) in [7, 11) is 1.89. The highest BCUT2D eigenvalue weighted by Gasteiger charge is 2.00. The quantitative estimate of drug-likeness (QED) is 0.730. The first-order chi connectivity index (χ1) is 6.22. The molecule has 1 rings (SSSR count). The lowest BCUT2D eigenvalue weighted by atomic mass is 10.2. The molecule has 1 aromatic rings. The van der Waals surface area contributed by atoms with Gasteiger partial charge < -0.3 is 5.32 Å². The highest BCUT2D eigenvalue weighted by molar-refractivity contribution is 4.82. The molecule has 4 heteroatoms. The van der Waals surface area contributed by atoms with Gasteiger partial charge in [-0.3, -0.25) is 4.68 Å². The number of nitrogens with zero attached hydrogens (tertiary/aromatic N) is 3. The molecule has 0 aliphatic rings. The van der Waals surface area contributed by atoms with Crippen LogP contribution in [-0.2, 0) is 13.5 Å². The minimum Gasteiger partial charge on any atom is -0.314 e. The topological polar surface area (TPSA) is 42.7 Å². The van der Waals surface area contributed by atoms with E-state index in [-0.39, 0.29) is 0 Å². The van der Waals surface area contributed by atoms with E-state index in [1.165, 1.54) is 0 Å². The largest absolute Gasteiger partial charge is 0.314 e. The van der Waals surface area contributed by atoms with Crippen LogP contribution in [0.5, 0.6) is 0 Å². The molecule has 0 spiro atoms. The third kappa shape index (κ3) is 3.55. The zero-order chi connectivity index (χ0) is 9.68. The Morgan fingerprint density at radius 3 is 2.92 bits per heavy atom. The summed E-state index contributed by atoms with van der Waals surface area (Å²) in [5, 5.41) is 7.60. The van der Waals surface area contributed by atoms with Gasteiger partial charge in [0.2, 0.25) is 0 Å². The number of hydrogen-bond donors (Lipinski definition) is 1. The van der Waals surface area contributed by atoms with Gasteiger partial charge in [-0.05, 0) is 13.3 Å².